The van der Waals surface area contributed by atoms with Gasteiger partial charge in [-0.05, 0) is 24.3 Å². The van der Waals surface area contributed by atoms with Crippen LogP contribution in [0, 0.1) is 0 Å². The van der Waals surface area contributed by atoms with Gasteiger partial charge in [0.2, 0.25) is 5.91 Å². The van der Waals surface area contributed by atoms with Gasteiger partial charge in [-0.3, -0.25) is 14.6 Å². The Morgan fingerprint density at radius 3 is 2.72 bits per heavy atom. The van der Waals surface area contributed by atoms with Crippen LogP contribution < -0.4 is 0 Å². The van der Waals surface area contributed by atoms with Crippen molar-refractivity contribution in [2.24, 2.45) is 0 Å². The summed E-state index contributed by atoms with van der Waals surface area (Å²) in [4.78, 5) is 33.8. The van der Waals surface area contributed by atoms with Crippen molar-refractivity contribution in [3.8, 4) is 0 Å². The third kappa shape index (κ3) is 2.98. The molecular formula is C19H21N3O3. The van der Waals surface area contributed by atoms with Gasteiger partial charge in [0.1, 0.15) is 11.7 Å². The lowest BCUT2D eigenvalue weighted by Crippen LogP contribution is -2.51. The molecule has 2 aliphatic heterocycles. The van der Waals surface area contributed by atoms with Crippen LogP contribution in [0.5, 0.6) is 0 Å². The number of ether oxygens (including phenoxy) is 1. The zero-order valence-electron chi connectivity index (χ0n) is 14.1. The smallest absolute Gasteiger partial charge is 0.273 e. The summed E-state index contributed by atoms with van der Waals surface area (Å²) in [6, 6.07) is 9.23. The lowest BCUT2D eigenvalue weighted by atomic mass is 10.1. The van der Waals surface area contributed by atoms with Gasteiger partial charge in [-0.25, -0.2) is 0 Å². The maximum Gasteiger partial charge on any atom is 0.273 e. The Bertz CT molecular complexity index is 796. The molecule has 0 aliphatic carbocycles. The number of nitrogens with zero attached hydrogens (tertiary/aromatic N) is 3. The summed E-state index contributed by atoms with van der Waals surface area (Å²) >= 11 is 0. The highest BCUT2D eigenvalue weighted by atomic mass is 16.5. The molecule has 0 unspecified atom stereocenters. The van der Waals surface area contributed by atoms with E-state index in [4.69, 9.17) is 4.74 Å². The number of hydrogen-bond donors (Lipinski definition) is 0. The minimum Gasteiger partial charge on any atom is -0.378 e. The molecule has 2 saturated heterocycles. The maximum atomic E-state index is 13.1. The molecule has 0 bridgehead atoms. The van der Waals surface area contributed by atoms with E-state index in [2.05, 4.69) is 4.98 Å². The van der Waals surface area contributed by atoms with Crippen molar-refractivity contribution in [1.29, 1.82) is 0 Å². The van der Waals surface area contributed by atoms with E-state index in [0.29, 0.717) is 45.0 Å². The molecule has 25 heavy (non-hydrogen) atoms. The molecule has 0 N–H and O–H groups in total. The van der Waals surface area contributed by atoms with Gasteiger partial charge in [0.05, 0.1) is 13.2 Å². The fraction of sp³-hybridized carbons (Fsp3) is 0.421. The Morgan fingerprint density at radius 1 is 1.08 bits per heavy atom. The first-order valence-corrected chi connectivity index (χ1v) is 8.77. The van der Waals surface area contributed by atoms with Crippen LogP contribution in [0.15, 0.2) is 36.5 Å². The van der Waals surface area contributed by atoms with E-state index in [1.807, 2.05) is 35.2 Å². The topological polar surface area (TPSA) is 62.7 Å². The minimum atomic E-state index is -0.383. The molecule has 130 valence electrons. The van der Waals surface area contributed by atoms with Gasteiger partial charge in [0.15, 0.2) is 0 Å². The van der Waals surface area contributed by atoms with Crippen LogP contribution >= 0.6 is 0 Å². The molecule has 6 heteroatoms. The number of hydrogen-bond acceptors (Lipinski definition) is 4. The average Bonchev–Trinajstić information content (AvgIpc) is 3.17. The highest BCUT2D eigenvalue weighted by molar-refractivity contribution is 6.06. The van der Waals surface area contributed by atoms with Gasteiger partial charge < -0.3 is 14.5 Å². The molecule has 4 rings (SSSR count). The second kappa shape index (κ2) is 6.80. The van der Waals surface area contributed by atoms with Crippen LogP contribution in [-0.2, 0) is 9.53 Å². The van der Waals surface area contributed by atoms with Crippen molar-refractivity contribution in [2.75, 3.05) is 32.8 Å². The number of benzene rings is 1. The van der Waals surface area contributed by atoms with Crippen molar-refractivity contribution in [1.82, 2.24) is 14.8 Å². The van der Waals surface area contributed by atoms with Crippen LogP contribution in [0.4, 0.5) is 0 Å². The zero-order valence-corrected chi connectivity index (χ0v) is 14.1. The Hall–Kier alpha value is -2.47. The van der Waals surface area contributed by atoms with Crippen molar-refractivity contribution in [3.05, 3.63) is 42.2 Å². The second-order valence-corrected chi connectivity index (χ2v) is 6.47. The van der Waals surface area contributed by atoms with E-state index in [1.165, 1.54) is 0 Å². The normalized spacial score (nSPS) is 20.9. The third-order valence-corrected chi connectivity index (χ3v) is 5.00. The van der Waals surface area contributed by atoms with Crippen LogP contribution in [0.25, 0.3) is 10.8 Å². The Morgan fingerprint density at radius 2 is 1.88 bits per heavy atom. The number of aromatic nitrogens is 1. The summed E-state index contributed by atoms with van der Waals surface area (Å²) in [6.45, 7) is 2.94. The number of pyridine rings is 1. The van der Waals surface area contributed by atoms with Gasteiger partial charge in [0, 0.05) is 31.2 Å². The fourth-order valence-electron chi connectivity index (χ4n) is 3.69. The molecule has 2 fully saturated rings. The van der Waals surface area contributed by atoms with Crippen molar-refractivity contribution < 1.29 is 14.3 Å². The Kier molecular flexibility index (Phi) is 4.36. The number of amides is 2. The van der Waals surface area contributed by atoms with Crippen LogP contribution in [0.2, 0.25) is 0 Å². The van der Waals surface area contributed by atoms with Gasteiger partial charge >= 0.3 is 0 Å². The number of rotatable bonds is 2. The van der Waals surface area contributed by atoms with E-state index < -0.39 is 0 Å². The molecule has 1 aromatic heterocycles. The standard InChI is InChI=1S/C19H21N3O3/c23-18(21-10-12-25-13-11-21)16-6-3-9-22(16)19(24)17-15-5-2-1-4-14(15)7-8-20-17/h1-2,4-5,7-8,16H,3,6,9-13H2/t16-/m0/s1. The summed E-state index contributed by atoms with van der Waals surface area (Å²) in [7, 11) is 0. The van der Waals surface area contributed by atoms with E-state index in [9.17, 15) is 9.59 Å². The summed E-state index contributed by atoms with van der Waals surface area (Å²) in [5.41, 5.74) is 0.430. The van der Waals surface area contributed by atoms with Crippen LogP contribution in [0.1, 0.15) is 23.3 Å². The number of likely N-dealkylation sites (tertiary alicyclic amines) is 1. The number of carbonyl (C=O) groups excluding carboxylic acids is 2. The molecule has 2 aromatic rings. The number of morpholine rings is 1. The van der Waals surface area contributed by atoms with E-state index in [0.717, 1.165) is 17.2 Å². The zero-order chi connectivity index (χ0) is 17.2. The molecule has 2 aliphatic rings. The monoisotopic (exact) mass is 339 g/mol. The first-order chi connectivity index (χ1) is 12.3. The van der Waals surface area contributed by atoms with Crippen molar-refractivity contribution >= 4 is 22.6 Å². The molecule has 0 radical (unpaired) electrons. The predicted molar refractivity (Wildman–Crippen MR) is 93.2 cm³/mol. The molecule has 0 saturated carbocycles. The lowest BCUT2D eigenvalue weighted by molar-refractivity contribution is -0.139. The van der Waals surface area contributed by atoms with E-state index >= 15 is 0 Å². The largest absolute Gasteiger partial charge is 0.378 e. The van der Waals surface area contributed by atoms with Crippen molar-refractivity contribution in [2.45, 2.75) is 18.9 Å². The molecular weight excluding hydrogens is 318 g/mol. The molecule has 2 amide bonds. The van der Waals surface area contributed by atoms with Crippen LogP contribution in [0.3, 0.4) is 0 Å². The minimum absolute atomic E-state index is 0.0365. The van der Waals surface area contributed by atoms with Crippen molar-refractivity contribution in [3.63, 3.8) is 0 Å². The summed E-state index contributed by atoms with van der Waals surface area (Å²) in [6.07, 6.45) is 3.22. The summed E-state index contributed by atoms with van der Waals surface area (Å²) in [5.74, 6) is -0.115. The first kappa shape index (κ1) is 16.0. The predicted octanol–water partition coefficient (Wildman–Crippen LogP) is 1.70. The van der Waals surface area contributed by atoms with Gasteiger partial charge in [-0.1, -0.05) is 24.3 Å². The quantitative estimate of drug-likeness (QED) is 0.835. The van der Waals surface area contributed by atoms with Gasteiger partial charge in [-0.15, -0.1) is 0 Å². The van der Waals surface area contributed by atoms with E-state index in [-0.39, 0.29) is 17.9 Å². The molecule has 6 nitrogen and oxygen atoms in total. The first-order valence-electron chi connectivity index (χ1n) is 8.77. The number of fused-ring (bicyclic) bond motifs is 1. The maximum absolute atomic E-state index is 13.1. The lowest BCUT2D eigenvalue weighted by Gasteiger charge is -2.32. The van der Waals surface area contributed by atoms with E-state index in [1.54, 1.807) is 11.1 Å². The SMILES string of the molecule is O=C([C@@H]1CCCN1C(=O)c1nccc2ccccc12)N1CCOCC1. The average molecular weight is 339 g/mol. The highest BCUT2D eigenvalue weighted by Crippen LogP contribution is 2.25. The number of carbonyl (C=O) groups is 2. The Balaban J connectivity index is 1.61. The second-order valence-electron chi connectivity index (χ2n) is 6.47. The Labute approximate surface area is 146 Å². The van der Waals surface area contributed by atoms with Gasteiger partial charge in [-0.2, -0.15) is 0 Å². The third-order valence-electron chi connectivity index (χ3n) is 5.00. The molecule has 1 aromatic carbocycles. The molecule has 3 heterocycles. The van der Waals surface area contributed by atoms with Gasteiger partial charge in [0.25, 0.3) is 5.91 Å². The molecule has 0 spiro atoms. The fourth-order valence-corrected chi connectivity index (χ4v) is 3.69. The van der Waals surface area contributed by atoms with Crippen LogP contribution in [-0.4, -0.2) is 65.5 Å². The highest BCUT2D eigenvalue weighted by Gasteiger charge is 2.38. The summed E-state index contributed by atoms with van der Waals surface area (Å²) in [5, 5.41) is 1.82. The summed E-state index contributed by atoms with van der Waals surface area (Å²) < 4.78 is 5.32. The molecule has 1 atom stereocenters.